The molecular weight excluding hydrogens is 1130 g/mol. The fraction of sp³-hybridized carbons (Fsp3) is 0.635. The van der Waals surface area contributed by atoms with Crippen molar-refractivity contribution in [3.63, 3.8) is 0 Å². The maximum absolute atomic E-state index is 14.8. The highest BCUT2D eigenvalue weighted by molar-refractivity contribution is 5.90. The Balaban J connectivity index is 1.35. The lowest BCUT2D eigenvalue weighted by Crippen LogP contribution is -2.65. The minimum atomic E-state index is -1.76. The van der Waals surface area contributed by atoms with Crippen molar-refractivity contribution in [2.24, 2.45) is 23.7 Å². The predicted octanol–water partition coefficient (Wildman–Crippen LogP) is 4.09. The van der Waals surface area contributed by atoms with Gasteiger partial charge in [-0.2, -0.15) is 0 Å². The van der Waals surface area contributed by atoms with Crippen LogP contribution in [0.15, 0.2) is 52.9 Å². The fourth-order valence-corrected chi connectivity index (χ4v) is 11.9. The number of likely N-dealkylation sites (N-methyl/N-ethyl adjacent to an activating group) is 2. The third-order valence-corrected chi connectivity index (χ3v) is 17.1. The van der Waals surface area contributed by atoms with Crippen LogP contribution >= 0.6 is 0 Å². The van der Waals surface area contributed by atoms with Gasteiger partial charge in [0, 0.05) is 65.2 Å². The second-order valence-corrected chi connectivity index (χ2v) is 23.7. The number of carbonyl (C=O) groups excluding carboxylic acids is 5. The van der Waals surface area contributed by atoms with Crippen LogP contribution in [0.5, 0.6) is 5.75 Å². The van der Waals surface area contributed by atoms with Gasteiger partial charge in [-0.15, -0.1) is 12.3 Å². The van der Waals surface area contributed by atoms with E-state index in [9.17, 15) is 64.2 Å². The number of carboxylic acid groups (broad SMARTS) is 2. The molecule has 0 saturated carbocycles. The smallest absolute Gasteiger partial charge is 0.410 e. The average molecular weight is 1220 g/mol. The standard InChI is InChI=1S/C63H91N5O19/c1-13-20-45(41-26-27-46(42-30-40(84-57(41)42)23-18-25-50(72)73)85-61-55(76)54(75)53(74)48(32-69)86-61)87-62(81)67(10)51(35(3)4)59(78)65-63(34-70,36(5)6)33-66(9)52(37(7)14-2)47(82-11)31-49(71)68-28-19-24-44(68)56(83-12)38(8)58(77)64-43(60(79)80)29-39-21-16-15-17-22-39/h1,15-17,21-22,26-27,30,34-38,43-45,47-48,51-56,61,69,74-76H,14,18-20,23-25,28-29,31-33H2,2-12H3,(H,64,77)(H,65,78)(H,72,73)(H,79,80)/t37?,38-,43?,44+,45?,47-,48-,51+,52+,53+,54+,55-,56-,61-,63?/m1/s1. The summed E-state index contributed by atoms with van der Waals surface area (Å²) in [6, 6.07) is 10.0. The van der Waals surface area contributed by atoms with Gasteiger partial charge in [-0.05, 0) is 67.8 Å². The lowest BCUT2D eigenvalue weighted by molar-refractivity contribution is -0.277. The molecule has 2 aliphatic heterocycles. The molecule has 0 spiro atoms. The number of carbonyl (C=O) groups is 7. The highest BCUT2D eigenvalue weighted by Crippen LogP contribution is 2.39. The number of aliphatic hydroxyl groups is 4. The lowest BCUT2D eigenvalue weighted by Gasteiger charge is -2.44. The van der Waals surface area contributed by atoms with Gasteiger partial charge in [-0.3, -0.25) is 29.0 Å². The van der Waals surface area contributed by atoms with E-state index in [2.05, 4.69) is 16.6 Å². The average Bonchev–Trinajstić information content (AvgIpc) is 1.84. The molecule has 1 aromatic heterocycles. The largest absolute Gasteiger partial charge is 0.481 e. The van der Waals surface area contributed by atoms with E-state index < -0.39 is 133 Å². The van der Waals surface area contributed by atoms with E-state index in [4.69, 9.17) is 34.5 Å². The molecule has 3 heterocycles. The molecule has 5 rings (SSSR count). The highest BCUT2D eigenvalue weighted by atomic mass is 16.7. The Morgan fingerprint density at radius 2 is 1.63 bits per heavy atom. The number of furan rings is 1. The van der Waals surface area contributed by atoms with Crippen molar-refractivity contribution in [3.8, 4) is 18.1 Å². The summed E-state index contributed by atoms with van der Waals surface area (Å²) >= 11 is 0. The number of benzene rings is 2. The minimum Gasteiger partial charge on any atom is -0.481 e. The zero-order valence-corrected chi connectivity index (χ0v) is 51.8. The number of nitrogens with one attached hydrogen (secondary N) is 2. The molecule has 3 aromatic rings. The topological polar surface area (TPSA) is 334 Å². The van der Waals surface area contributed by atoms with Crippen molar-refractivity contribution in [3.05, 3.63) is 65.4 Å². The number of rotatable bonds is 33. The number of amides is 4. The molecule has 24 nitrogen and oxygen atoms in total. The second-order valence-electron chi connectivity index (χ2n) is 23.7. The summed E-state index contributed by atoms with van der Waals surface area (Å²) in [6.07, 6.45) is -3.46. The van der Waals surface area contributed by atoms with Gasteiger partial charge in [0.25, 0.3) is 0 Å². The molecule has 15 atom stereocenters. The zero-order valence-electron chi connectivity index (χ0n) is 51.8. The van der Waals surface area contributed by atoms with E-state index in [1.54, 1.807) is 76.9 Å². The van der Waals surface area contributed by atoms with Gasteiger partial charge < -0.3 is 79.1 Å². The summed E-state index contributed by atoms with van der Waals surface area (Å²) in [7, 11) is 6.13. The molecule has 4 amide bonds. The number of aryl methyl sites for hydroxylation is 1. The van der Waals surface area contributed by atoms with Crippen LogP contribution in [0.25, 0.3) is 11.0 Å². The predicted molar refractivity (Wildman–Crippen MR) is 318 cm³/mol. The molecule has 8 N–H and O–H groups in total. The first-order valence-electron chi connectivity index (χ1n) is 29.7. The number of likely N-dealkylation sites (tertiary alicyclic amines) is 1. The number of methoxy groups -OCH3 is 2. The number of hydrogen-bond donors (Lipinski definition) is 8. The van der Waals surface area contributed by atoms with E-state index in [0.29, 0.717) is 37.9 Å². The SMILES string of the molecule is C#CCC(OC(=O)N(C)[C@H](C(=O)NC(C=O)(CN(C)[C@@H](C(C)CC)[C@@H](CC(=O)N1CCC[C@H]1[C@H](OC)[C@@H](C)C(=O)NC(Cc1ccccc1)C(=O)O)OC)C(C)C)C(C)C)c1ccc(O[C@@H]2O[C@H](CO)[C@H](O)[C@H](O)[C@H]2O)c2cc(CCCC(=O)O)oc12. The van der Waals surface area contributed by atoms with Gasteiger partial charge in [0.15, 0.2) is 0 Å². The van der Waals surface area contributed by atoms with E-state index in [1.807, 2.05) is 24.8 Å². The van der Waals surface area contributed by atoms with E-state index in [1.165, 1.54) is 33.4 Å². The van der Waals surface area contributed by atoms with Gasteiger partial charge in [0.05, 0.1) is 49.0 Å². The van der Waals surface area contributed by atoms with E-state index in [-0.39, 0.29) is 79.2 Å². The number of aliphatic carboxylic acids is 2. The number of carboxylic acids is 2. The number of hydrogen-bond acceptors (Lipinski definition) is 18. The molecule has 0 aliphatic carbocycles. The molecule has 2 aliphatic rings. The minimum absolute atomic E-state index is 0.0401. The molecule has 2 aromatic carbocycles. The normalized spacial score (nSPS) is 22.2. The quantitative estimate of drug-likeness (QED) is 0.0314. The summed E-state index contributed by atoms with van der Waals surface area (Å²) in [5, 5.41) is 66.7. The van der Waals surface area contributed by atoms with Crippen molar-refractivity contribution >= 4 is 53.0 Å². The number of aldehydes is 1. The molecule has 24 heteroatoms. The fourth-order valence-electron chi connectivity index (χ4n) is 11.9. The maximum Gasteiger partial charge on any atom is 0.410 e. The van der Waals surface area contributed by atoms with Crippen molar-refractivity contribution in [2.45, 2.75) is 185 Å². The summed E-state index contributed by atoms with van der Waals surface area (Å²) in [6.45, 7) is 12.3. The Kier molecular flexibility index (Phi) is 26.6. The number of nitrogens with zero attached hydrogens (tertiary/aromatic N) is 3. The molecular formula is C63H91N5O19. The second kappa shape index (κ2) is 32.5. The first kappa shape index (κ1) is 71.1. The molecule has 2 fully saturated rings. The Labute approximate surface area is 509 Å². The number of ether oxygens (including phenoxy) is 5. The first-order valence-corrected chi connectivity index (χ1v) is 29.7. The van der Waals surface area contributed by atoms with Gasteiger partial charge in [-0.1, -0.05) is 85.2 Å². The van der Waals surface area contributed by atoms with Gasteiger partial charge in [0.1, 0.15) is 71.5 Å². The lowest BCUT2D eigenvalue weighted by atomic mass is 9.84. The summed E-state index contributed by atoms with van der Waals surface area (Å²) in [4.78, 5) is 99.6. The summed E-state index contributed by atoms with van der Waals surface area (Å²) in [5.41, 5.74) is -0.483. The van der Waals surface area contributed by atoms with Crippen LogP contribution in [0.4, 0.5) is 4.79 Å². The van der Waals surface area contributed by atoms with E-state index in [0.717, 1.165) is 10.5 Å². The third kappa shape index (κ3) is 17.6. The molecule has 4 unspecified atom stereocenters. The van der Waals surface area contributed by atoms with Crippen LogP contribution in [0, 0.1) is 36.0 Å². The Morgan fingerprint density at radius 3 is 2.21 bits per heavy atom. The Morgan fingerprint density at radius 1 is 0.943 bits per heavy atom. The van der Waals surface area contributed by atoms with Crippen molar-refractivity contribution < 1.29 is 92.3 Å². The van der Waals surface area contributed by atoms with Crippen LogP contribution in [0.3, 0.4) is 0 Å². The Hall–Kier alpha value is -6.69. The molecule has 0 bridgehead atoms. The zero-order chi connectivity index (χ0) is 64.6. The molecule has 2 saturated heterocycles. The van der Waals surface area contributed by atoms with Crippen molar-refractivity contribution in [2.75, 3.05) is 48.0 Å². The van der Waals surface area contributed by atoms with Crippen molar-refractivity contribution in [1.82, 2.24) is 25.3 Å². The van der Waals surface area contributed by atoms with Crippen LogP contribution < -0.4 is 15.4 Å². The molecule has 87 heavy (non-hydrogen) atoms. The van der Waals surface area contributed by atoms with Crippen LogP contribution in [0.2, 0.25) is 0 Å². The van der Waals surface area contributed by atoms with Crippen molar-refractivity contribution in [1.29, 1.82) is 0 Å². The van der Waals surface area contributed by atoms with Crippen LogP contribution in [0.1, 0.15) is 116 Å². The maximum atomic E-state index is 14.8. The summed E-state index contributed by atoms with van der Waals surface area (Å²) < 4.78 is 36.1. The van der Waals surface area contributed by atoms with Gasteiger partial charge in [0.2, 0.25) is 24.0 Å². The van der Waals surface area contributed by atoms with Crippen LogP contribution in [-0.2, 0) is 60.6 Å². The molecule has 482 valence electrons. The van der Waals surface area contributed by atoms with E-state index >= 15 is 0 Å². The number of aliphatic hydroxyl groups excluding tert-OH is 4. The number of terminal acetylenes is 1. The first-order chi connectivity index (χ1) is 41.2. The Bertz CT molecular complexity index is 2820. The molecule has 0 radical (unpaired) electrons. The van der Waals surface area contributed by atoms with Gasteiger partial charge >= 0.3 is 18.0 Å². The monoisotopic (exact) mass is 1220 g/mol. The highest BCUT2D eigenvalue weighted by Gasteiger charge is 2.47. The summed E-state index contributed by atoms with van der Waals surface area (Å²) in [5.74, 6) is -2.85. The van der Waals surface area contributed by atoms with Gasteiger partial charge in [-0.25, -0.2) is 9.59 Å². The van der Waals surface area contributed by atoms with Crippen LogP contribution in [-0.4, -0.2) is 208 Å². The third-order valence-electron chi connectivity index (χ3n) is 17.1. The number of fused-ring (bicyclic) bond motifs is 1.